The second-order valence-electron chi connectivity index (χ2n) is 37.2. The zero-order chi connectivity index (χ0) is 98.1. The van der Waals surface area contributed by atoms with Crippen LogP contribution in [0.25, 0.3) is 265 Å². The van der Waals surface area contributed by atoms with Gasteiger partial charge in [-0.2, -0.15) is 4.68 Å². The van der Waals surface area contributed by atoms with Gasteiger partial charge in [-0.1, -0.05) is 279 Å². The highest BCUT2D eigenvalue weighted by atomic mass is 16.3. The van der Waals surface area contributed by atoms with Gasteiger partial charge in [-0.15, -0.1) is 0 Å². The Kier molecular flexibility index (Phi) is 20.3. The Hall–Kier alpha value is -20.4. The number of furan rings is 2. The second kappa shape index (κ2) is 35.1. The molecule has 0 aliphatic rings. The Morgan fingerprint density at radius 1 is 0.196 bits per heavy atom. The number of para-hydroxylation sites is 9. The SMILES string of the molecule is O=c1c2ccccc2nc(-c2ccc(-n3c4ccccc4c4cc(-c5ccc6oc7ccccc7c6c5)ccc43)cc2)n1-c1ccccc1.O=c1c2ccccc2nc(-c2cccc(-c3cc(-c4ccccc4)c4cccnc4n3)c2)n1-n1c2ccccc2c2c3ccccc3ccc21.O=c1c2ccccc2nc(-c2ccccc2)n1-c1ccc(-n2c3ccccc3c3cc(-c4ccc5oc6ccccc6c5c4)ccc32)cc1. The topological polar surface area (TPSA) is 172 Å². The average Bonchev–Trinajstić information content (AvgIpc) is 1.55. The highest BCUT2D eigenvalue weighted by Crippen LogP contribution is 2.44. The van der Waals surface area contributed by atoms with E-state index >= 15 is 0 Å². The quantitative estimate of drug-likeness (QED) is 0.115. The van der Waals surface area contributed by atoms with Crippen molar-refractivity contribution >= 4 is 164 Å². The number of aromatic nitrogens is 11. The van der Waals surface area contributed by atoms with Gasteiger partial charge in [0.1, 0.15) is 34.0 Å². The van der Waals surface area contributed by atoms with Crippen LogP contribution in [0.3, 0.4) is 0 Å². The van der Waals surface area contributed by atoms with Gasteiger partial charge in [0, 0.05) is 99.1 Å². The Morgan fingerprint density at radius 3 is 1.14 bits per heavy atom. The molecule has 0 bridgehead atoms. The zero-order valence-electron chi connectivity index (χ0n) is 79.2. The molecule has 0 unspecified atom stereocenters. The Labute approximate surface area is 843 Å². The van der Waals surface area contributed by atoms with E-state index in [9.17, 15) is 14.4 Å². The van der Waals surface area contributed by atoms with Crippen LogP contribution in [0.15, 0.2) is 515 Å². The van der Waals surface area contributed by atoms with Crippen LogP contribution >= 0.6 is 0 Å². The van der Waals surface area contributed by atoms with E-state index in [1.54, 1.807) is 20.0 Å². The van der Waals surface area contributed by atoms with Crippen LogP contribution in [0.5, 0.6) is 0 Å². The van der Waals surface area contributed by atoms with Gasteiger partial charge in [0.25, 0.3) is 16.7 Å². The number of rotatable bonds is 12. The molecule has 16 heteroatoms. The molecule has 0 N–H and O–H groups in total. The molecule has 30 aromatic rings. The molecule has 0 saturated heterocycles. The van der Waals surface area contributed by atoms with Crippen molar-refractivity contribution in [1.82, 2.24) is 52.5 Å². The first-order chi connectivity index (χ1) is 73.1. The zero-order valence-corrected chi connectivity index (χ0v) is 79.2. The molecule has 0 atom stereocenters. The van der Waals surface area contributed by atoms with E-state index in [4.69, 9.17) is 28.8 Å². The molecular weight excluding hydrogens is 1820 g/mol. The maximum Gasteiger partial charge on any atom is 0.281 e. The Morgan fingerprint density at radius 2 is 0.574 bits per heavy atom. The molecule has 10 heterocycles. The summed E-state index contributed by atoms with van der Waals surface area (Å²) in [5.74, 6) is 1.76. The minimum Gasteiger partial charge on any atom is -0.456 e. The van der Waals surface area contributed by atoms with E-state index in [1.807, 2.05) is 223 Å². The summed E-state index contributed by atoms with van der Waals surface area (Å²) in [5.41, 5.74) is 26.8. The van der Waals surface area contributed by atoms with Crippen LogP contribution in [0.4, 0.5) is 0 Å². The Balaban J connectivity index is 0.000000107. The van der Waals surface area contributed by atoms with Gasteiger partial charge >= 0.3 is 0 Å². The molecule has 10 aromatic heterocycles. The monoisotopic (exact) mass is 1900 g/mol. The summed E-state index contributed by atoms with van der Waals surface area (Å²) in [7, 11) is 0. The van der Waals surface area contributed by atoms with Crippen molar-refractivity contribution in [1.29, 1.82) is 0 Å². The molecule has 0 amide bonds. The van der Waals surface area contributed by atoms with Crippen molar-refractivity contribution in [2.45, 2.75) is 0 Å². The van der Waals surface area contributed by atoms with Crippen LogP contribution in [0.1, 0.15) is 0 Å². The average molecular weight is 1900 g/mol. The molecule has 0 spiro atoms. The second-order valence-corrected chi connectivity index (χ2v) is 37.2. The fourth-order valence-electron chi connectivity index (χ4n) is 21.8. The van der Waals surface area contributed by atoms with E-state index in [1.165, 1.54) is 21.5 Å². The first-order valence-corrected chi connectivity index (χ1v) is 49.3. The number of hydrogen-bond donors (Lipinski definition) is 0. The van der Waals surface area contributed by atoms with Gasteiger partial charge in [-0.05, 0) is 250 Å². The number of pyridine rings is 2. The van der Waals surface area contributed by atoms with Gasteiger partial charge in [0.05, 0.1) is 82.9 Å². The number of hydrogen-bond acceptors (Lipinski definition) is 10. The van der Waals surface area contributed by atoms with Crippen LogP contribution in [-0.2, 0) is 0 Å². The summed E-state index contributed by atoms with van der Waals surface area (Å²) in [6.45, 7) is 0. The van der Waals surface area contributed by atoms with Crippen molar-refractivity contribution < 1.29 is 8.83 Å². The first-order valence-electron chi connectivity index (χ1n) is 49.3. The molecule has 0 aliphatic heterocycles. The maximum atomic E-state index is 14.8. The van der Waals surface area contributed by atoms with Gasteiger partial charge in [-0.25, -0.2) is 29.6 Å². The smallest absolute Gasteiger partial charge is 0.281 e. The predicted octanol–water partition coefficient (Wildman–Crippen LogP) is 31.3. The summed E-state index contributed by atoms with van der Waals surface area (Å²) >= 11 is 0. The predicted molar refractivity (Wildman–Crippen MR) is 603 cm³/mol. The van der Waals surface area contributed by atoms with E-state index in [0.717, 1.165) is 188 Å². The van der Waals surface area contributed by atoms with Crippen LogP contribution < -0.4 is 16.7 Å². The van der Waals surface area contributed by atoms with Gasteiger partial charge in [0.2, 0.25) is 0 Å². The summed E-state index contributed by atoms with van der Waals surface area (Å²) in [5, 5.41) is 16.4. The molecular formula is C132H81N11O5. The summed E-state index contributed by atoms with van der Waals surface area (Å²) < 4.78 is 24.0. The van der Waals surface area contributed by atoms with Gasteiger partial charge in [0.15, 0.2) is 11.5 Å². The van der Waals surface area contributed by atoms with Crippen LogP contribution in [0.2, 0.25) is 0 Å². The maximum absolute atomic E-state index is 14.8. The molecule has 0 aliphatic carbocycles. The van der Waals surface area contributed by atoms with E-state index in [0.29, 0.717) is 55.8 Å². The molecule has 0 saturated carbocycles. The molecule has 20 aromatic carbocycles. The number of fused-ring (bicyclic) bond motifs is 21. The standard InChI is InChI=1S/C44H27N5O.2C44H27N3O2/c50-44-34-18-6-8-21-37(34)47-43(49(44)48-39-22-9-7-19-35(39)41-32-17-5-4-14-29(32)23-24-40(41)48)31-16-10-15-30(26-31)38-27-36(28-12-2-1-3-13-28)33-20-11-25-45-42(33)46-38;48-44-35-14-4-7-15-38(35)45-43(28-10-2-1-3-11-28)47(44)32-22-20-31(21-23-32)46-39-16-8-5-12-33(39)36-26-29(18-24-40(36)46)30-19-25-42-37(27-30)34-13-6-9-17-41(34)49-42;48-44-35-14-4-7-15-38(35)45-43(47(44)31-10-2-1-3-11-31)28-18-22-32(23-19-28)46-39-16-8-5-12-33(39)36-26-29(20-24-40(36)46)30-21-25-42-37(27-30)34-13-6-9-17-41(34)49-42/h1-27H;2*1-27H. The lowest BCUT2D eigenvalue weighted by Gasteiger charge is -2.18. The van der Waals surface area contributed by atoms with Crippen molar-refractivity contribution in [2.75, 3.05) is 0 Å². The van der Waals surface area contributed by atoms with Crippen molar-refractivity contribution in [3.05, 3.63) is 523 Å². The number of benzene rings is 20. The van der Waals surface area contributed by atoms with Crippen molar-refractivity contribution in [3.8, 4) is 102 Å². The fraction of sp³-hybridized carbons (Fsp3) is 0. The third-order valence-corrected chi connectivity index (χ3v) is 28.7. The van der Waals surface area contributed by atoms with Gasteiger partial charge < -0.3 is 18.0 Å². The largest absolute Gasteiger partial charge is 0.456 e. The lowest BCUT2D eigenvalue weighted by atomic mass is 9.99. The molecule has 16 nitrogen and oxygen atoms in total. The number of nitrogens with zero attached hydrogens (tertiary/aromatic N) is 11. The minimum atomic E-state index is -0.147. The molecule has 30 rings (SSSR count). The minimum absolute atomic E-state index is 0.0887. The van der Waals surface area contributed by atoms with Crippen molar-refractivity contribution in [2.24, 2.45) is 0 Å². The highest BCUT2D eigenvalue weighted by molar-refractivity contribution is 6.21. The summed E-state index contributed by atoms with van der Waals surface area (Å²) in [4.78, 5) is 67.3. The third kappa shape index (κ3) is 14.4. The van der Waals surface area contributed by atoms with Crippen LogP contribution in [-0.4, -0.2) is 52.5 Å². The third-order valence-electron chi connectivity index (χ3n) is 28.7. The summed E-state index contributed by atoms with van der Waals surface area (Å²) in [6.07, 6.45) is 1.77. The van der Waals surface area contributed by atoms with Crippen LogP contribution in [0, 0.1) is 0 Å². The van der Waals surface area contributed by atoms with E-state index in [2.05, 4.69) is 281 Å². The van der Waals surface area contributed by atoms with E-state index < -0.39 is 0 Å². The normalized spacial score (nSPS) is 11.7. The Bertz CT molecular complexity index is 10900. The highest BCUT2D eigenvalue weighted by Gasteiger charge is 2.26. The first kappa shape index (κ1) is 85.6. The van der Waals surface area contributed by atoms with Crippen molar-refractivity contribution in [3.63, 3.8) is 0 Å². The molecule has 0 radical (unpaired) electrons. The van der Waals surface area contributed by atoms with E-state index in [-0.39, 0.29) is 16.7 Å². The fourth-order valence-corrected chi connectivity index (χ4v) is 21.8. The van der Waals surface area contributed by atoms with Gasteiger partial charge in [-0.3, -0.25) is 23.5 Å². The lowest BCUT2D eigenvalue weighted by molar-refractivity contribution is 0.668. The summed E-state index contributed by atoms with van der Waals surface area (Å²) in [6, 6.07) is 164. The molecule has 148 heavy (non-hydrogen) atoms. The molecule has 694 valence electrons. The lowest BCUT2D eigenvalue weighted by Crippen LogP contribution is -2.28. The molecule has 0 fully saturated rings.